The fraction of sp³-hybridized carbons (Fsp3) is 0.333. The maximum absolute atomic E-state index is 11.3. The van der Waals surface area contributed by atoms with Crippen molar-refractivity contribution in [2.24, 2.45) is 5.73 Å². The highest BCUT2D eigenvalue weighted by Crippen LogP contribution is 2.37. The second-order valence-corrected chi connectivity index (χ2v) is 7.22. The van der Waals surface area contributed by atoms with Crippen molar-refractivity contribution < 1.29 is 4.79 Å². The summed E-state index contributed by atoms with van der Waals surface area (Å²) in [6.07, 6.45) is 8.23. The van der Waals surface area contributed by atoms with E-state index in [0.29, 0.717) is 5.82 Å². The lowest BCUT2D eigenvalue weighted by molar-refractivity contribution is -0.117. The summed E-state index contributed by atoms with van der Waals surface area (Å²) in [5, 5.41) is 6.80. The number of thiophene rings is 1. The molecule has 25 heavy (non-hydrogen) atoms. The van der Waals surface area contributed by atoms with Crippen LogP contribution in [0.2, 0.25) is 0 Å². The average Bonchev–Trinajstić information content (AvgIpc) is 3.18. The number of aryl methyl sites for hydroxylation is 2. The maximum atomic E-state index is 11.3. The molecule has 3 aromatic rings. The second kappa shape index (κ2) is 6.40. The molecule has 4 rings (SSSR count). The van der Waals surface area contributed by atoms with Gasteiger partial charge in [-0.15, -0.1) is 11.3 Å². The molecule has 0 saturated heterocycles. The number of hydrogen-bond acceptors (Lipinski definition) is 5. The monoisotopic (exact) mass is 353 g/mol. The fourth-order valence-electron chi connectivity index (χ4n) is 3.31. The van der Waals surface area contributed by atoms with Crippen LogP contribution in [0.3, 0.4) is 0 Å². The van der Waals surface area contributed by atoms with E-state index < -0.39 is 5.91 Å². The lowest BCUT2D eigenvalue weighted by Gasteiger charge is -2.13. The van der Waals surface area contributed by atoms with Gasteiger partial charge in [-0.25, -0.2) is 9.67 Å². The number of amides is 1. The van der Waals surface area contributed by atoms with Gasteiger partial charge in [-0.2, -0.15) is 5.10 Å². The van der Waals surface area contributed by atoms with Gasteiger partial charge >= 0.3 is 0 Å². The van der Waals surface area contributed by atoms with Gasteiger partial charge in [-0.1, -0.05) is 0 Å². The van der Waals surface area contributed by atoms with Crippen LogP contribution in [0.4, 0.5) is 0 Å². The molecule has 0 aromatic carbocycles. The molecule has 6 nitrogen and oxygen atoms in total. The van der Waals surface area contributed by atoms with Crippen LogP contribution in [0.15, 0.2) is 23.8 Å². The van der Waals surface area contributed by atoms with Crippen LogP contribution in [0.5, 0.6) is 0 Å². The molecule has 0 fully saturated rings. The summed E-state index contributed by atoms with van der Waals surface area (Å²) < 4.78 is 1.83. The van der Waals surface area contributed by atoms with Gasteiger partial charge in [-0.3, -0.25) is 9.78 Å². The van der Waals surface area contributed by atoms with E-state index in [1.54, 1.807) is 23.7 Å². The Balaban J connectivity index is 1.89. The highest BCUT2D eigenvalue weighted by molar-refractivity contribution is 7.13. The van der Waals surface area contributed by atoms with Crippen LogP contribution in [0.1, 0.15) is 35.4 Å². The van der Waals surface area contributed by atoms with Crippen LogP contribution < -0.4 is 5.73 Å². The number of pyridine rings is 1. The van der Waals surface area contributed by atoms with Crippen molar-refractivity contribution in [3.05, 3.63) is 46.4 Å². The van der Waals surface area contributed by atoms with Gasteiger partial charge in [0.1, 0.15) is 0 Å². The summed E-state index contributed by atoms with van der Waals surface area (Å²) in [6.45, 7) is 1.99. The third kappa shape index (κ3) is 2.95. The largest absolute Gasteiger partial charge is 0.369 e. The van der Waals surface area contributed by atoms with Crippen LogP contribution in [0.25, 0.3) is 16.4 Å². The fourth-order valence-corrected chi connectivity index (χ4v) is 4.44. The van der Waals surface area contributed by atoms with E-state index in [4.69, 9.17) is 5.73 Å². The summed E-state index contributed by atoms with van der Waals surface area (Å²) >= 11 is 1.71. The number of aromatic nitrogens is 4. The van der Waals surface area contributed by atoms with E-state index in [9.17, 15) is 4.79 Å². The molecule has 1 aliphatic carbocycles. The van der Waals surface area contributed by atoms with Crippen LogP contribution >= 0.6 is 11.3 Å². The molecular formula is C18H19N5OS. The predicted octanol–water partition coefficient (Wildman–Crippen LogP) is 2.61. The second-order valence-electron chi connectivity index (χ2n) is 6.34. The topological polar surface area (TPSA) is 86.7 Å². The quantitative estimate of drug-likeness (QED) is 0.781. The van der Waals surface area contributed by atoms with Crippen molar-refractivity contribution in [3.8, 4) is 16.4 Å². The molecule has 0 unspecified atom stereocenters. The van der Waals surface area contributed by atoms with Crippen molar-refractivity contribution in [1.82, 2.24) is 19.7 Å². The molecule has 3 aromatic heterocycles. The number of fused-ring (bicyclic) bond motifs is 1. The minimum atomic E-state index is -0.427. The Hall–Kier alpha value is -2.54. The summed E-state index contributed by atoms with van der Waals surface area (Å²) in [4.78, 5) is 21.3. The van der Waals surface area contributed by atoms with E-state index in [2.05, 4.69) is 20.4 Å². The molecular weight excluding hydrogens is 334 g/mol. The third-order valence-corrected chi connectivity index (χ3v) is 5.58. The van der Waals surface area contributed by atoms with E-state index in [1.807, 2.05) is 17.7 Å². The Morgan fingerprint density at radius 1 is 1.36 bits per heavy atom. The number of carbonyl (C=O) groups is 1. The third-order valence-electron chi connectivity index (χ3n) is 4.51. The highest BCUT2D eigenvalue weighted by Gasteiger charge is 2.23. The van der Waals surface area contributed by atoms with E-state index in [-0.39, 0.29) is 6.42 Å². The predicted molar refractivity (Wildman–Crippen MR) is 96.7 cm³/mol. The van der Waals surface area contributed by atoms with Crippen LogP contribution in [-0.2, 0) is 24.1 Å². The molecule has 0 saturated carbocycles. The Morgan fingerprint density at radius 2 is 2.20 bits per heavy atom. The molecule has 7 heteroatoms. The smallest absolute Gasteiger partial charge is 0.225 e. The van der Waals surface area contributed by atoms with Crippen LogP contribution in [0, 0.1) is 6.92 Å². The Bertz CT molecular complexity index is 943. The summed E-state index contributed by atoms with van der Waals surface area (Å²) in [5.74, 6) is 0.818. The molecule has 0 spiro atoms. The Morgan fingerprint density at radius 3 is 3.00 bits per heavy atom. The number of rotatable bonds is 4. The number of primary amides is 1. The number of nitrogens with zero attached hydrogens (tertiary/aromatic N) is 4. The van der Waals surface area contributed by atoms with E-state index in [1.165, 1.54) is 24.0 Å². The number of hydrogen-bond donors (Lipinski definition) is 1. The van der Waals surface area contributed by atoms with Gasteiger partial charge in [0, 0.05) is 12.4 Å². The Kier molecular flexibility index (Phi) is 4.09. The first-order valence-corrected chi connectivity index (χ1v) is 9.26. The van der Waals surface area contributed by atoms with Gasteiger partial charge in [0.25, 0.3) is 0 Å². The van der Waals surface area contributed by atoms with E-state index in [0.717, 1.165) is 34.8 Å². The summed E-state index contributed by atoms with van der Waals surface area (Å²) in [6, 6.07) is 1.92. The lowest BCUT2D eigenvalue weighted by atomic mass is 9.94. The van der Waals surface area contributed by atoms with Gasteiger partial charge < -0.3 is 5.73 Å². The highest BCUT2D eigenvalue weighted by atomic mass is 32.1. The average molecular weight is 353 g/mol. The first kappa shape index (κ1) is 16.0. The van der Waals surface area contributed by atoms with Crippen molar-refractivity contribution in [1.29, 1.82) is 0 Å². The number of carbonyl (C=O) groups excluding carboxylic acids is 1. The van der Waals surface area contributed by atoms with Crippen molar-refractivity contribution in [2.75, 3.05) is 0 Å². The van der Waals surface area contributed by atoms with Gasteiger partial charge in [0.2, 0.25) is 5.91 Å². The zero-order valence-corrected chi connectivity index (χ0v) is 14.8. The minimum Gasteiger partial charge on any atom is -0.369 e. The van der Waals surface area contributed by atoms with Crippen molar-refractivity contribution in [2.45, 2.75) is 39.0 Å². The van der Waals surface area contributed by atoms with Crippen molar-refractivity contribution >= 4 is 17.2 Å². The molecule has 0 aliphatic heterocycles. The molecule has 1 aliphatic rings. The standard InChI is InChI=1S/C18H19N5OS/c1-11-9-20-7-6-14(11)23-18(21-16(22-23)8-15(19)24)17-13-5-3-2-4-12(13)10-25-17/h6-7,9-10H,2-5,8H2,1H3,(H2,19,24). The summed E-state index contributed by atoms with van der Waals surface area (Å²) in [5.41, 5.74) is 10.1. The maximum Gasteiger partial charge on any atom is 0.225 e. The Labute approximate surface area is 149 Å². The molecule has 1 amide bonds. The van der Waals surface area contributed by atoms with E-state index >= 15 is 0 Å². The minimum absolute atomic E-state index is 0.0394. The summed E-state index contributed by atoms with van der Waals surface area (Å²) in [7, 11) is 0. The normalized spacial score (nSPS) is 13.6. The zero-order valence-electron chi connectivity index (χ0n) is 14.0. The van der Waals surface area contributed by atoms with Gasteiger partial charge in [0.15, 0.2) is 11.6 Å². The molecule has 0 radical (unpaired) electrons. The first-order valence-electron chi connectivity index (χ1n) is 8.38. The molecule has 0 atom stereocenters. The van der Waals surface area contributed by atoms with Gasteiger partial charge in [0.05, 0.1) is 17.0 Å². The molecule has 3 heterocycles. The van der Waals surface area contributed by atoms with Crippen molar-refractivity contribution in [3.63, 3.8) is 0 Å². The van der Waals surface area contributed by atoms with Gasteiger partial charge in [-0.05, 0) is 60.7 Å². The zero-order chi connectivity index (χ0) is 17.4. The molecule has 128 valence electrons. The number of nitrogens with two attached hydrogens (primary N) is 1. The molecule has 2 N–H and O–H groups in total. The first-order chi connectivity index (χ1) is 12.1. The SMILES string of the molecule is Cc1cnccc1-n1nc(CC(N)=O)nc1-c1scc2c1CCCC2. The van der Waals surface area contributed by atoms with Crippen LogP contribution in [-0.4, -0.2) is 25.7 Å². The molecule has 0 bridgehead atoms. The lowest BCUT2D eigenvalue weighted by Crippen LogP contribution is -2.14.